The minimum Gasteiger partial charge on any atom is -0.299 e. The van der Waals surface area contributed by atoms with Crippen molar-refractivity contribution in [1.29, 1.82) is 0 Å². The molecule has 1 saturated heterocycles. The number of fused-ring (bicyclic) bond motifs is 1. The van der Waals surface area contributed by atoms with E-state index in [4.69, 9.17) is 0 Å². The minimum atomic E-state index is -0.686. The van der Waals surface area contributed by atoms with Crippen molar-refractivity contribution in [3.8, 4) is 0 Å². The van der Waals surface area contributed by atoms with E-state index in [0.717, 1.165) is 16.0 Å². The summed E-state index contributed by atoms with van der Waals surface area (Å²) in [4.78, 5) is 50.3. The van der Waals surface area contributed by atoms with Crippen molar-refractivity contribution in [2.24, 2.45) is 11.8 Å². The summed E-state index contributed by atoms with van der Waals surface area (Å²) in [5.74, 6) is -2.82. The van der Waals surface area contributed by atoms with Crippen molar-refractivity contribution < 1.29 is 19.3 Å². The molecule has 2 amide bonds. The number of anilines is 1. The first-order valence-electron chi connectivity index (χ1n) is 8.73. The van der Waals surface area contributed by atoms with Crippen LogP contribution in [0.1, 0.15) is 29.4 Å². The van der Waals surface area contributed by atoms with E-state index in [1.807, 2.05) is 24.3 Å². The third-order valence-electron chi connectivity index (χ3n) is 6.01. The number of carbonyl (C=O) groups is 3. The summed E-state index contributed by atoms with van der Waals surface area (Å²) >= 11 is 0. The second-order valence-electron chi connectivity index (χ2n) is 7.22. The van der Waals surface area contributed by atoms with Gasteiger partial charge in [0.25, 0.3) is 5.69 Å². The number of ketones is 1. The van der Waals surface area contributed by atoms with Crippen LogP contribution in [-0.2, 0) is 14.4 Å². The Labute approximate surface area is 153 Å². The third-order valence-corrected chi connectivity index (χ3v) is 6.01. The molecule has 2 fully saturated rings. The summed E-state index contributed by atoms with van der Waals surface area (Å²) in [5.41, 5.74) is 2.03. The van der Waals surface area contributed by atoms with Crippen molar-refractivity contribution in [2.75, 3.05) is 4.90 Å². The fourth-order valence-electron chi connectivity index (χ4n) is 4.94. The number of nitro groups is 1. The number of imide groups is 1. The van der Waals surface area contributed by atoms with Crippen molar-refractivity contribution in [3.05, 3.63) is 69.8 Å². The van der Waals surface area contributed by atoms with E-state index >= 15 is 0 Å². The SMILES string of the molecule is O=C1CC2c3ccccc3C1C1C(=O)N(c3ccc([N+](=O)[O-])cc3)C(=O)C21. The van der Waals surface area contributed by atoms with Gasteiger partial charge in [-0.1, -0.05) is 24.3 Å². The quantitative estimate of drug-likeness (QED) is 0.465. The van der Waals surface area contributed by atoms with E-state index < -0.39 is 28.6 Å². The molecule has 0 radical (unpaired) electrons. The normalized spacial score (nSPS) is 28.3. The maximum Gasteiger partial charge on any atom is 0.269 e. The molecule has 2 aromatic rings. The van der Waals surface area contributed by atoms with Gasteiger partial charge in [0.2, 0.25) is 11.8 Å². The zero-order chi connectivity index (χ0) is 18.9. The molecule has 134 valence electrons. The average Bonchev–Trinajstić information content (AvgIpc) is 2.94. The molecule has 4 unspecified atom stereocenters. The molecule has 3 aliphatic carbocycles. The largest absolute Gasteiger partial charge is 0.299 e. The highest BCUT2D eigenvalue weighted by molar-refractivity contribution is 6.24. The van der Waals surface area contributed by atoms with Crippen LogP contribution in [-0.4, -0.2) is 22.5 Å². The number of hydrogen-bond acceptors (Lipinski definition) is 5. The first-order valence-corrected chi connectivity index (χ1v) is 8.73. The predicted molar refractivity (Wildman–Crippen MR) is 94.1 cm³/mol. The zero-order valence-corrected chi connectivity index (χ0v) is 14.1. The lowest BCUT2D eigenvalue weighted by atomic mass is 9.56. The maximum atomic E-state index is 13.1. The molecule has 6 rings (SSSR count). The van der Waals surface area contributed by atoms with Crippen molar-refractivity contribution in [2.45, 2.75) is 18.3 Å². The second-order valence-corrected chi connectivity index (χ2v) is 7.22. The van der Waals surface area contributed by atoms with Gasteiger partial charge in [-0.05, 0) is 23.3 Å². The number of amides is 2. The molecule has 4 atom stereocenters. The maximum absolute atomic E-state index is 13.1. The van der Waals surface area contributed by atoms with Crippen molar-refractivity contribution in [3.63, 3.8) is 0 Å². The summed E-state index contributed by atoms with van der Waals surface area (Å²) in [6, 6.07) is 12.9. The van der Waals surface area contributed by atoms with Crippen LogP contribution in [0.3, 0.4) is 0 Å². The van der Waals surface area contributed by atoms with Gasteiger partial charge in [-0.15, -0.1) is 0 Å². The number of nitrogens with zero attached hydrogens (tertiary/aromatic N) is 2. The number of carbonyl (C=O) groups excluding carboxylic acids is 3. The van der Waals surface area contributed by atoms with E-state index in [9.17, 15) is 24.5 Å². The van der Waals surface area contributed by atoms with Crippen LogP contribution in [0.5, 0.6) is 0 Å². The molecule has 2 aromatic carbocycles. The standard InChI is InChI=1S/C20H14N2O5/c23-15-9-14-12-3-1-2-4-13(12)16(15)18-17(14)19(24)21(20(18)25)10-5-7-11(8-6-10)22(26)27/h1-8,14,16-18H,9H2. The highest BCUT2D eigenvalue weighted by Gasteiger charge is 2.62. The molecular weight excluding hydrogens is 348 g/mol. The second kappa shape index (κ2) is 5.33. The van der Waals surface area contributed by atoms with Gasteiger partial charge in [0.1, 0.15) is 5.78 Å². The van der Waals surface area contributed by atoms with Crippen LogP contribution in [0.2, 0.25) is 0 Å². The number of hydrogen-bond donors (Lipinski definition) is 0. The number of rotatable bonds is 2. The Morgan fingerprint density at radius 3 is 2.19 bits per heavy atom. The van der Waals surface area contributed by atoms with Crippen LogP contribution in [0.4, 0.5) is 11.4 Å². The van der Waals surface area contributed by atoms with Crippen LogP contribution in [0.25, 0.3) is 0 Å². The van der Waals surface area contributed by atoms with E-state index in [2.05, 4.69) is 0 Å². The smallest absolute Gasteiger partial charge is 0.269 e. The van der Waals surface area contributed by atoms with E-state index in [-0.39, 0.29) is 29.7 Å². The molecule has 1 saturated carbocycles. The van der Waals surface area contributed by atoms with Gasteiger partial charge in [0.15, 0.2) is 0 Å². The van der Waals surface area contributed by atoms with E-state index in [1.54, 1.807) is 0 Å². The number of non-ortho nitro benzene ring substituents is 1. The summed E-state index contributed by atoms with van der Waals surface area (Å²) in [5, 5.41) is 10.8. The van der Waals surface area contributed by atoms with Crippen LogP contribution in [0, 0.1) is 22.0 Å². The van der Waals surface area contributed by atoms with Gasteiger partial charge in [0, 0.05) is 24.5 Å². The monoisotopic (exact) mass is 362 g/mol. The fraction of sp³-hybridized carbons (Fsp3) is 0.250. The summed E-state index contributed by atoms with van der Waals surface area (Å²) < 4.78 is 0. The molecule has 1 aliphatic heterocycles. The lowest BCUT2D eigenvalue weighted by molar-refractivity contribution is -0.384. The molecule has 7 nitrogen and oxygen atoms in total. The third kappa shape index (κ3) is 1.99. The Bertz CT molecular complexity index is 1030. The average molecular weight is 362 g/mol. The van der Waals surface area contributed by atoms with E-state index in [1.165, 1.54) is 24.3 Å². The Morgan fingerprint density at radius 1 is 0.889 bits per heavy atom. The van der Waals surface area contributed by atoms with Gasteiger partial charge in [-0.2, -0.15) is 0 Å². The summed E-state index contributed by atoms with van der Waals surface area (Å²) in [6.45, 7) is 0. The van der Waals surface area contributed by atoms with Crippen molar-refractivity contribution >= 4 is 29.0 Å². The molecule has 0 N–H and O–H groups in total. The molecular formula is C20H14N2O5. The predicted octanol–water partition coefficient (Wildman–Crippen LogP) is 2.55. The zero-order valence-electron chi connectivity index (χ0n) is 14.1. The topological polar surface area (TPSA) is 97.6 Å². The first-order chi connectivity index (χ1) is 13.0. The lowest BCUT2D eigenvalue weighted by Gasteiger charge is -2.43. The van der Waals surface area contributed by atoms with Crippen molar-refractivity contribution in [1.82, 2.24) is 0 Å². The lowest BCUT2D eigenvalue weighted by Crippen LogP contribution is -2.44. The van der Waals surface area contributed by atoms with Gasteiger partial charge < -0.3 is 0 Å². The van der Waals surface area contributed by atoms with Gasteiger partial charge >= 0.3 is 0 Å². The Morgan fingerprint density at radius 2 is 1.52 bits per heavy atom. The Kier molecular flexibility index (Phi) is 3.13. The van der Waals surface area contributed by atoms with Crippen LogP contribution in [0.15, 0.2) is 48.5 Å². The molecule has 27 heavy (non-hydrogen) atoms. The molecule has 4 aliphatic rings. The fourth-order valence-corrected chi connectivity index (χ4v) is 4.94. The van der Waals surface area contributed by atoms with Crippen LogP contribution >= 0.6 is 0 Å². The number of Topliss-reactive ketones (excluding diaryl/α,β-unsaturated/α-hetero) is 1. The highest BCUT2D eigenvalue weighted by Crippen LogP contribution is 2.57. The van der Waals surface area contributed by atoms with Gasteiger partial charge in [0.05, 0.1) is 28.4 Å². The number of nitro benzene ring substituents is 1. The minimum absolute atomic E-state index is 0.00616. The van der Waals surface area contributed by atoms with Crippen LogP contribution < -0.4 is 4.90 Å². The molecule has 2 bridgehead atoms. The molecule has 1 heterocycles. The first kappa shape index (κ1) is 15.9. The van der Waals surface area contributed by atoms with Gasteiger partial charge in [-0.3, -0.25) is 24.5 Å². The molecule has 0 aromatic heterocycles. The Balaban J connectivity index is 1.59. The number of benzene rings is 2. The summed E-state index contributed by atoms with van der Waals surface area (Å²) in [7, 11) is 0. The molecule has 0 spiro atoms. The van der Waals surface area contributed by atoms with E-state index in [0.29, 0.717) is 5.69 Å². The Hall–Kier alpha value is -3.35. The highest BCUT2D eigenvalue weighted by atomic mass is 16.6. The van der Waals surface area contributed by atoms with Gasteiger partial charge in [-0.25, -0.2) is 4.90 Å². The molecule has 7 heteroatoms. The summed E-state index contributed by atoms with van der Waals surface area (Å²) in [6.07, 6.45) is 0.274.